The first-order valence-corrected chi connectivity index (χ1v) is 4.73. The molecule has 0 radical (unpaired) electrons. The van der Waals surface area contributed by atoms with Crippen molar-refractivity contribution in [1.29, 1.82) is 0 Å². The van der Waals surface area contributed by atoms with Gasteiger partial charge in [-0.2, -0.15) is 0 Å². The van der Waals surface area contributed by atoms with E-state index in [1.54, 1.807) is 18.2 Å². The summed E-state index contributed by atoms with van der Waals surface area (Å²) in [4.78, 5) is 0. The molecule has 0 aliphatic rings. The van der Waals surface area contributed by atoms with Gasteiger partial charge in [0.2, 0.25) is 0 Å². The lowest BCUT2D eigenvalue weighted by Crippen LogP contribution is -2.14. The van der Waals surface area contributed by atoms with Crippen LogP contribution in [0.4, 0.5) is 10.1 Å². The fraction of sp³-hybridized carbons (Fsp3) is 0.400. The maximum absolute atomic E-state index is 13.3. The van der Waals surface area contributed by atoms with Crippen LogP contribution in [0.2, 0.25) is 5.02 Å². The molecule has 0 aliphatic carbocycles. The van der Waals surface area contributed by atoms with E-state index in [1.807, 2.05) is 13.8 Å². The number of benzene rings is 1. The van der Waals surface area contributed by atoms with Crippen LogP contribution in [0.1, 0.15) is 20.3 Å². The number of rotatable bonds is 3. The van der Waals surface area contributed by atoms with Gasteiger partial charge in [-0.25, -0.2) is 4.39 Å². The van der Waals surface area contributed by atoms with E-state index < -0.39 is 0 Å². The van der Waals surface area contributed by atoms with Crippen molar-refractivity contribution in [2.75, 3.05) is 5.32 Å². The van der Waals surface area contributed by atoms with E-state index in [2.05, 4.69) is 5.32 Å². The second kappa shape index (κ2) is 4.47. The summed E-state index contributed by atoms with van der Waals surface area (Å²) in [5.74, 6) is -0.371. The topological polar surface area (TPSA) is 12.0 Å². The van der Waals surface area contributed by atoms with Crippen molar-refractivity contribution in [3.8, 4) is 0 Å². The van der Waals surface area contributed by atoms with Crippen LogP contribution < -0.4 is 5.32 Å². The van der Waals surface area contributed by atoms with Gasteiger partial charge in [0.15, 0.2) is 5.82 Å². The molecule has 72 valence electrons. The number of anilines is 1. The van der Waals surface area contributed by atoms with Crippen molar-refractivity contribution in [1.82, 2.24) is 0 Å². The van der Waals surface area contributed by atoms with Gasteiger partial charge < -0.3 is 5.32 Å². The van der Waals surface area contributed by atoms with Crippen LogP contribution in [0.5, 0.6) is 0 Å². The third-order valence-electron chi connectivity index (χ3n) is 1.97. The van der Waals surface area contributed by atoms with E-state index in [1.165, 1.54) is 0 Å². The maximum Gasteiger partial charge on any atom is 0.164 e. The zero-order chi connectivity index (χ0) is 9.84. The molecule has 0 aromatic heterocycles. The first-order valence-electron chi connectivity index (χ1n) is 4.35. The fourth-order valence-electron chi connectivity index (χ4n) is 0.983. The van der Waals surface area contributed by atoms with E-state index >= 15 is 0 Å². The summed E-state index contributed by atoms with van der Waals surface area (Å²) in [6, 6.07) is 5.22. The normalized spacial score (nSPS) is 12.6. The van der Waals surface area contributed by atoms with Crippen molar-refractivity contribution < 1.29 is 4.39 Å². The number of halogens is 2. The minimum atomic E-state index is -0.371. The summed E-state index contributed by atoms with van der Waals surface area (Å²) in [5.41, 5.74) is 0.474. The van der Waals surface area contributed by atoms with Crippen LogP contribution in [-0.4, -0.2) is 6.04 Å². The summed E-state index contributed by atoms with van der Waals surface area (Å²) in [6.45, 7) is 4.04. The molecule has 1 aromatic carbocycles. The zero-order valence-corrected chi connectivity index (χ0v) is 8.53. The first kappa shape index (κ1) is 10.3. The van der Waals surface area contributed by atoms with Gasteiger partial charge in [0.25, 0.3) is 0 Å². The van der Waals surface area contributed by atoms with E-state index in [-0.39, 0.29) is 16.9 Å². The lowest BCUT2D eigenvalue weighted by molar-refractivity contribution is 0.625. The van der Waals surface area contributed by atoms with Crippen LogP contribution in [-0.2, 0) is 0 Å². The molecule has 0 fully saturated rings. The summed E-state index contributed by atoms with van der Waals surface area (Å²) in [5, 5.41) is 3.20. The lowest BCUT2D eigenvalue weighted by atomic mass is 10.2. The Morgan fingerprint density at radius 3 is 2.85 bits per heavy atom. The Kier molecular flexibility index (Phi) is 3.55. The molecule has 0 spiro atoms. The van der Waals surface area contributed by atoms with E-state index in [4.69, 9.17) is 11.6 Å². The zero-order valence-electron chi connectivity index (χ0n) is 7.77. The SMILES string of the molecule is CCC(C)Nc1cccc(Cl)c1F. The van der Waals surface area contributed by atoms with Gasteiger partial charge in [-0.3, -0.25) is 0 Å². The molecule has 0 heterocycles. The molecule has 13 heavy (non-hydrogen) atoms. The molecule has 1 atom stereocenters. The average Bonchev–Trinajstić information content (AvgIpc) is 2.13. The molecule has 3 heteroatoms. The van der Waals surface area contributed by atoms with Gasteiger partial charge in [0.05, 0.1) is 10.7 Å². The fourth-order valence-corrected chi connectivity index (χ4v) is 1.16. The van der Waals surface area contributed by atoms with Gasteiger partial charge in [0, 0.05) is 6.04 Å². The van der Waals surface area contributed by atoms with E-state index in [0.29, 0.717) is 5.69 Å². The van der Waals surface area contributed by atoms with Crippen molar-refractivity contribution in [3.63, 3.8) is 0 Å². The van der Waals surface area contributed by atoms with Crippen molar-refractivity contribution in [2.45, 2.75) is 26.3 Å². The quantitative estimate of drug-likeness (QED) is 0.787. The van der Waals surface area contributed by atoms with Crippen molar-refractivity contribution in [2.24, 2.45) is 0 Å². The smallest absolute Gasteiger partial charge is 0.164 e. The highest BCUT2D eigenvalue weighted by Gasteiger charge is 2.07. The van der Waals surface area contributed by atoms with Crippen molar-refractivity contribution in [3.05, 3.63) is 29.0 Å². The summed E-state index contributed by atoms with van der Waals surface area (Å²) >= 11 is 5.63. The second-order valence-electron chi connectivity index (χ2n) is 3.06. The molecule has 1 unspecified atom stereocenters. The molecule has 1 aromatic rings. The van der Waals surface area contributed by atoms with E-state index in [0.717, 1.165) is 6.42 Å². The molecular weight excluding hydrogens is 189 g/mol. The highest BCUT2D eigenvalue weighted by molar-refractivity contribution is 6.31. The van der Waals surface area contributed by atoms with Gasteiger partial charge in [-0.05, 0) is 25.5 Å². The highest BCUT2D eigenvalue weighted by Crippen LogP contribution is 2.22. The summed E-state index contributed by atoms with van der Waals surface area (Å²) in [7, 11) is 0. The molecule has 1 nitrogen and oxygen atoms in total. The molecule has 0 amide bonds. The molecular formula is C10H13ClFN. The number of hydrogen-bond acceptors (Lipinski definition) is 1. The Bertz CT molecular complexity index is 288. The Morgan fingerprint density at radius 2 is 2.23 bits per heavy atom. The predicted octanol–water partition coefficient (Wildman–Crippen LogP) is 3.69. The summed E-state index contributed by atoms with van der Waals surface area (Å²) in [6.07, 6.45) is 0.950. The molecule has 0 saturated heterocycles. The lowest BCUT2D eigenvalue weighted by Gasteiger charge is -2.13. The van der Waals surface area contributed by atoms with Crippen LogP contribution in [0.3, 0.4) is 0 Å². The van der Waals surface area contributed by atoms with Crippen LogP contribution >= 0.6 is 11.6 Å². The molecule has 0 aliphatic heterocycles. The number of hydrogen-bond donors (Lipinski definition) is 1. The number of nitrogens with one attached hydrogen (secondary N) is 1. The van der Waals surface area contributed by atoms with Crippen LogP contribution in [0.25, 0.3) is 0 Å². The first-order chi connectivity index (χ1) is 6.15. The third-order valence-corrected chi connectivity index (χ3v) is 2.26. The monoisotopic (exact) mass is 201 g/mol. The second-order valence-corrected chi connectivity index (χ2v) is 3.46. The average molecular weight is 202 g/mol. The molecule has 1 rings (SSSR count). The van der Waals surface area contributed by atoms with Crippen LogP contribution in [0, 0.1) is 5.82 Å². The van der Waals surface area contributed by atoms with Crippen LogP contribution in [0.15, 0.2) is 18.2 Å². The molecule has 1 N–H and O–H groups in total. The Labute approximate surface area is 82.9 Å². The maximum atomic E-state index is 13.3. The largest absolute Gasteiger partial charge is 0.380 e. The highest BCUT2D eigenvalue weighted by atomic mass is 35.5. The minimum absolute atomic E-state index is 0.160. The predicted molar refractivity (Wildman–Crippen MR) is 54.8 cm³/mol. The minimum Gasteiger partial charge on any atom is -0.380 e. The van der Waals surface area contributed by atoms with Gasteiger partial charge in [-0.1, -0.05) is 24.6 Å². The van der Waals surface area contributed by atoms with Gasteiger partial charge in [-0.15, -0.1) is 0 Å². The Hall–Kier alpha value is -0.760. The summed E-state index contributed by atoms with van der Waals surface area (Å²) < 4.78 is 13.3. The van der Waals surface area contributed by atoms with Crippen molar-refractivity contribution >= 4 is 17.3 Å². The van der Waals surface area contributed by atoms with Gasteiger partial charge >= 0.3 is 0 Å². The van der Waals surface area contributed by atoms with E-state index in [9.17, 15) is 4.39 Å². The Balaban J connectivity index is 2.83. The molecule has 0 bridgehead atoms. The standard InChI is InChI=1S/C10H13ClFN/c1-3-7(2)13-9-6-4-5-8(11)10(9)12/h4-7,13H,3H2,1-2H3. The molecule has 0 saturated carbocycles. The Morgan fingerprint density at radius 1 is 1.54 bits per heavy atom. The third kappa shape index (κ3) is 2.59. The van der Waals surface area contributed by atoms with Gasteiger partial charge in [0.1, 0.15) is 0 Å².